The van der Waals surface area contributed by atoms with E-state index < -0.39 is 11.8 Å². The molecule has 2 amide bonds. The molecular formula is C20H24N4O4. The highest BCUT2D eigenvalue weighted by atomic mass is 16.7. The van der Waals surface area contributed by atoms with Crippen molar-refractivity contribution in [3.8, 4) is 11.5 Å². The number of aromatic nitrogens is 1. The lowest BCUT2D eigenvalue weighted by Gasteiger charge is -2.28. The van der Waals surface area contributed by atoms with Crippen LogP contribution in [-0.2, 0) is 16.6 Å². The number of benzene rings is 1. The number of likely N-dealkylation sites (tertiary alicyclic amines) is 1. The van der Waals surface area contributed by atoms with Crippen LogP contribution in [0.2, 0.25) is 0 Å². The summed E-state index contributed by atoms with van der Waals surface area (Å²) in [6, 6.07) is 9.12. The summed E-state index contributed by atoms with van der Waals surface area (Å²) >= 11 is 0. The van der Waals surface area contributed by atoms with Crippen LogP contribution in [0.25, 0.3) is 0 Å². The van der Waals surface area contributed by atoms with E-state index in [0.717, 1.165) is 31.6 Å². The molecule has 28 heavy (non-hydrogen) atoms. The molecular weight excluding hydrogens is 360 g/mol. The Morgan fingerprint density at radius 1 is 1.11 bits per heavy atom. The van der Waals surface area contributed by atoms with Crippen molar-refractivity contribution in [1.29, 1.82) is 0 Å². The molecule has 0 saturated carbocycles. The normalized spacial score (nSPS) is 16.8. The van der Waals surface area contributed by atoms with Gasteiger partial charge in [-0.05, 0) is 50.2 Å². The quantitative estimate of drug-likeness (QED) is 0.766. The minimum Gasteiger partial charge on any atom is -0.454 e. The first-order valence-corrected chi connectivity index (χ1v) is 9.46. The monoisotopic (exact) mass is 384 g/mol. The molecule has 8 nitrogen and oxygen atoms in total. The highest BCUT2D eigenvalue weighted by molar-refractivity contribution is 6.39. The maximum Gasteiger partial charge on any atom is 0.313 e. The second-order valence-electron chi connectivity index (χ2n) is 7.04. The number of amides is 2. The number of aryl methyl sites for hydroxylation is 1. The molecule has 0 unspecified atom stereocenters. The van der Waals surface area contributed by atoms with Crippen molar-refractivity contribution in [3.63, 3.8) is 0 Å². The maximum absolute atomic E-state index is 12.4. The summed E-state index contributed by atoms with van der Waals surface area (Å²) in [6.07, 6.45) is 4.30. The molecule has 1 fully saturated rings. The van der Waals surface area contributed by atoms with Gasteiger partial charge in [0.05, 0.1) is 6.04 Å². The van der Waals surface area contributed by atoms with E-state index in [-0.39, 0.29) is 12.8 Å². The predicted octanol–water partition coefficient (Wildman–Crippen LogP) is 1.65. The third kappa shape index (κ3) is 3.82. The van der Waals surface area contributed by atoms with Gasteiger partial charge in [-0.2, -0.15) is 0 Å². The van der Waals surface area contributed by atoms with E-state index in [4.69, 9.17) is 9.47 Å². The molecule has 1 saturated heterocycles. The topological polar surface area (TPSA) is 84.8 Å². The molecule has 3 heterocycles. The number of ether oxygens (including phenoxy) is 2. The van der Waals surface area contributed by atoms with Gasteiger partial charge in [0.2, 0.25) is 6.79 Å². The van der Waals surface area contributed by atoms with Crippen LogP contribution >= 0.6 is 0 Å². The van der Waals surface area contributed by atoms with Crippen LogP contribution in [0, 0.1) is 0 Å². The zero-order valence-electron chi connectivity index (χ0n) is 15.8. The number of nitrogens with one attached hydrogen (secondary N) is 2. The largest absolute Gasteiger partial charge is 0.454 e. The number of carbonyl (C=O) groups is 2. The molecule has 8 heteroatoms. The van der Waals surface area contributed by atoms with Crippen LogP contribution in [0.1, 0.15) is 24.6 Å². The first-order chi connectivity index (χ1) is 13.6. The Balaban J connectivity index is 1.37. The van der Waals surface area contributed by atoms with Gasteiger partial charge in [0, 0.05) is 37.2 Å². The van der Waals surface area contributed by atoms with Gasteiger partial charge in [0.25, 0.3) is 0 Å². The fourth-order valence-electron chi connectivity index (χ4n) is 3.73. The smallest absolute Gasteiger partial charge is 0.313 e. The minimum absolute atomic E-state index is 0.0461. The zero-order chi connectivity index (χ0) is 19.5. The SMILES string of the molecule is Cn1cccc1[C@H](CNC(=O)C(=O)Nc1ccc2c(c1)OCO2)N1CCCC1. The van der Waals surface area contributed by atoms with Crippen molar-refractivity contribution in [2.24, 2.45) is 7.05 Å². The Hall–Kier alpha value is -3.00. The maximum atomic E-state index is 12.4. The molecule has 148 valence electrons. The van der Waals surface area contributed by atoms with Gasteiger partial charge in [-0.3, -0.25) is 14.5 Å². The molecule has 2 aromatic rings. The molecule has 1 aromatic carbocycles. The summed E-state index contributed by atoms with van der Waals surface area (Å²) in [5, 5.41) is 5.39. The molecule has 1 aromatic heterocycles. The average Bonchev–Trinajstić information content (AvgIpc) is 3.44. The first kappa shape index (κ1) is 18.4. The number of rotatable bonds is 5. The summed E-state index contributed by atoms with van der Waals surface area (Å²) in [5.74, 6) is -0.184. The predicted molar refractivity (Wildman–Crippen MR) is 103 cm³/mol. The lowest BCUT2D eigenvalue weighted by atomic mass is 10.1. The Morgan fingerprint density at radius 2 is 1.89 bits per heavy atom. The summed E-state index contributed by atoms with van der Waals surface area (Å²) in [4.78, 5) is 27.0. The van der Waals surface area contributed by atoms with Gasteiger partial charge in [-0.25, -0.2) is 0 Å². The van der Waals surface area contributed by atoms with Gasteiger partial charge in [0.1, 0.15) is 0 Å². The lowest BCUT2D eigenvalue weighted by molar-refractivity contribution is -0.136. The molecule has 0 bridgehead atoms. The van der Waals surface area contributed by atoms with E-state index in [1.54, 1.807) is 18.2 Å². The number of fused-ring (bicyclic) bond motifs is 1. The standard InChI is InChI=1S/C20H24N4O4/c1-23-8-4-5-15(23)16(24-9-2-3-10-24)12-21-19(25)20(26)22-14-6-7-17-18(11-14)28-13-27-17/h4-8,11,16H,2-3,9-10,12-13H2,1H3,(H,21,25)(H,22,26)/t16-/m0/s1. The number of hydrogen-bond acceptors (Lipinski definition) is 5. The van der Waals surface area contributed by atoms with Gasteiger partial charge < -0.3 is 24.7 Å². The van der Waals surface area contributed by atoms with Crippen LogP contribution < -0.4 is 20.1 Å². The van der Waals surface area contributed by atoms with Crippen molar-refractivity contribution in [1.82, 2.24) is 14.8 Å². The van der Waals surface area contributed by atoms with Crippen LogP contribution in [0.15, 0.2) is 36.5 Å². The van der Waals surface area contributed by atoms with Crippen LogP contribution in [0.5, 0.6) is 11.5 Å². The molecule has 4 rings (SSSR count). The molecule has 0 radical (unpaired) electrons. The number of carbonyl (C=O) groups excluding carboxylic acids is 2. The Labute approximate surface area is 163 Å². The summed E-state index contributed by atoms with van der Waals surface area (Å²) in [6.45, 7) is 2.53. The highest BCUT2D eigenvalue weighted by Crippen LogP contribution is 2.34. The van der Waals surface area contributed by atoms with E-state index in [9.17, 15) is 9.59 Å². The van der Waals surface area contributed by atoms with Gasteiger partial charge in [0.15, 0.2) is 11.5 Å². The molecule has 2 N–H and O–H groups in total. The van der Waals surface area contributed by atoms with Crippen molar-refractivity contribution in [2.45, 2.75) is 18.9 Å². The number of anilines is 1. The van der Waals surface area contributed by atoms with Crippen molar-refractivity contribution in [2.75, 3.05) is 31.7 Å². The van der Waals surface area contributed by atoms with Gasteiger partial charge >= 0.3 is 11.8 Å². The molecule has 0 spiro atoms. The summed E-state index contributed by atoms with van der Waals surface area (Å²) < 4.78 is 12.6. The van der Waals surface area contributed by atoms with E-state index >= 15 is 0 Å². The van der Waals surface area contributed by atoms with Gasteiger partial charge in [-0.15, -0.1) is 0 Å². The Kier molecular flexibility index (Phi) is 5.21. The van der Waals surface area contributed by atoms with E-state index in [0.29, 0.717) is 23.7 Å². The van der Waals surface area contributed by atoms with Crippen molar-refractivity contribution in [3.05, 3.63) is 42.2 Å². The van der Waals surface area contributed by atoms with E-state index in [1.165, 1.54) is 0 Å². The molecule has 1 atom stereocenters. The van der Waals surface area contributed by atoms with E-state index in [2.05, 4.69) is 26.2 Å². The minimum atomic E-state index is -0.703. The third-order valence-electron chi connectivity index (χ3n) is 5.20. The van der Waals surface area contributed by atoms with Gasteiger partial charge in [-0.1, -0.05) is 0 Å². The summed E-state index contributed by atoms with van der Waals surface area (Å²) in [5.41, 5.74) is 1.61. The Bertz CT molecular complexity index is 873. The first-order valence-electron chi connectivity index (χ1n) is 9.46. The van der Waals surface area contributed by atoms with Crippen LogP contribution in [0.3, 0.4) is 0 Å². The molecule has 2 aliphatic heterocycles. The second kappa shape index (κ2) is 7.93. The number of nitrogens with zero attached hydrogens (tertiary/aromatic N) is 2. The van der Waals surface area contributed by atoms with Crippen molar-refractivity contribution < 1.29 is 19.1 Å². The summed E-state index contributed by atoms with van der Waals surface area (Å²) in [7, 11) is 1.99. The second-order valence-corrected chi connectivity index (χ2v) is 7.04. The van der Waals surface area contributed by atoms with Crippen molar-refractivity contribution >= 4 is 17.5 Å². The molecule has 2 aliphatic rings. The Morgan fingerprint density at radius 3 is 2.64 bits per heavy atom. The third-order valence-corrected chi connectivity index (χ3v) is 5.20. The average molecular weight is 384 g/mol. The van der Waals surface area contributed by atoms with E-state index in [1.807, 2.05) is 19.3 Å². The fraction of sp³-hybridized carbons (Fsp3) is 0.400. The fourth-order valence-corrected chi connectivity index (χ4v) is 3.73. The zero-order valence-corrected chi connectivity index (χ0v) is 15.8. The number of hydrogen-bond donors (Lipinski definition) is 2. The molecule has 0 aliphatic carbocycles. The van der Waals surface area contributed by atoms with Crippen LogP contribution in [0.4, 0.5) is 5.69 Å². The lowest BCUT2D eigenvalue weighted by Crippen LogP contribution is -2.41. The van der Waals surface area contributed by atoms with Crippen LogP contribution in [-0.4, -0.2) is 47.7 Å². The highest BCUT2D eigenvalue weighted by Gasteiger charge is 2.26.